The lowest BCUT2D eigenvalue weighted by atomic mass is 9.98. The van der Waals surface area contributed by atoms with E-state index >= 15 is 0 Å². The zero-order valence-corrected chi connectivity index (χ0v) is 16.2. The minimum absolute atomic E-state index is 0.109. The molecule has 2 unspecified atom stereocenters. The van der Waals surface area contributed by atoms with Crippen molar-refractivity contribution in [2.45, 2.75) is 44.6 Å². The Labute approximate surface area is 154 Å². The molecule has 144 valence electrons. The average Bonchev–Trinajstić information content (AvgIpc) is 2.62. The minimum atomic E-state index is -3.64. The van der Waals surface area contributed by atoms with Gasteiger partial charge < -0.3 is 10.1 Å². The van der Waals surface area contributed by atoms with Gasteiger partial charge in [0, 0.05) is 13.1 Å². The number of rotatable bonds is 6. The first-order valence-corrected chi connectivity index (χ1v) is 10.2. The number of aryl methyl sites for hydroxylation is 1. The summed E-state index contributed by atoms with van der Waals surface area (Å²) in [5, 5.41) is 2.62. The summed E-state index contributed by atoms with van der Waals surface area (Å²) in [5.41, 5.74) is 0.979. The highest BCUT2D eigenvalue weighted by molar-refractivity contribution is 7.89. The minimum Gasteiger partial charge on any atom is -0.464 e. The molecule has 0 saturated carbocycles. The molecule has 1 aromatic carbocycles. The third-order valence-electron chi connectivity index (χ3n) is 4.41. The number of esters is 1. The quantitative estimate of drug-likeness (QED) is 0.752. The molecule has 0 aromatic heterocycles. The van der Waals surface area contributed by atoms with Gasteiger partial charge in [-0.15, -0.1) is 0 Å². The molecule has 0 spiro atoms. The number of benzene rings is 1. The fraction of sp³-hybridized carbons (Fsp3) is 0.556. The van der Waals surface area contributed by atoms with Crippen molar-refractivity contribution in [3.63, 3.8) is 0 Å². The van der Waals surface area contributed by atoms with E-state index in [9.17, 15) is 18.0 Å². The van der Waals surface area contributed by atoms with Crippen molar-refractivity contribution >= 4 is 21.9 Å². The van der Waals surface area contributed by atoms with Crippen LogP contribution in [-0.2, 0) is 24.3 Å². The maximum atomic E-state index is 12.8. The third kappa shape index (κ3) is 4.82. The molecule has 1 aliphatic rings. The van der Waals surface area contributed by atoms with Crippen molar-refractivity contribution in [3.8, 4) is 0 Å². The zero-order chi connectivity index (χ0) is 19.3. The number of nitrogens with one attached hydrogen (secondary N) is 1. The van der Waals surface area contributed by atoms with Crippen LogP contribution in [0.25, 0.3) is 0 Å². The van der Waals surface area contributed by atoms with Crippen LogP contribution < -0.4 is 5.32 Å². The van der Waals surface area contributed by atoms with Gasteiger partial charge in [-0.1, -0.05) is 17.7 Å². The molecule has 1 N–H and O–H groups in total. The van der Waals surface area contributed by atoms with E-state index in [0.29, 0.717) is 19.4 Å². The molecule has 1 amide bonds. The van der Waals surface area contributed by atoms with E-state index in [1.165, 1.54) is 4.31 Å². The van der Waals surface area contributed by atoms with Crippen molar-refractivity contribution in [1.29, 1.82) is 0 Å². The summed E-state index contributed by atoms with van der Waals surface area (Å²) in [6.45, 7) is 5.87. The number of nitrogens with zero attached hydrogens (tertiary/aromatic N) is 1. The van der Waals surface area contributed by atoms with Crippen LogP contribution in [0.4, 0.5) is 0 Å². The van der Waals surface area contributed by atoms with Crippen LogP contribution in [0.15, 0.2) is 29.2 Å². The maximum absolute atomic E-state index is 12.8. The number of ether oxygens (including phenoxy) is 1. The van der Waals surface area contributed by atoms with Gasteiger partial charge in [-0.3, -0.25) is 4.79 Å². The van der Waals surface area contributed by atoms with Crippen molar-refractivity contribution < 1.29 is 22.7 Å². The van der Waals surface area contributed by atoms with Gasteiger partial charge >= 0.3 is 5.97 Å². The van der Waals surface area contributed by atoms with Gasteiger partial charge in [0.15, 0.2) is 0 Å². The van der Waals surface area contributed by atoms with E-state index in [4.69, 9.17) is 4.74 Å². The Bertz CT molecular complexity index is 745. The van der Waals surface area contributed by atoms with Gasteiger partial charge in [-0.05, 0) is 45.7 Å². The van der Waals surface area contributed by atoms with E-state index in [2.05, 4.69) is 5.32 Å². The highest BCUT2D eigenvalue weighted by atomic mass is 32.2. The van der Waals surface area contributed by atoms with Crippen LogP contribution in [0.2, 0.25) is 0 Å². The Hall–Kier alpha value is -1.93. The van der Waals surface area contributed by atoms with Crippen LogP contribution in [0, 0.1) is 12.8 Å². The summed E-state index contributed by atoms with van der Waals surface area (Å²) in [6, 6.07) is 5.91. The van der Waals surface area contributed by atoms with Gasteiger partial charge in [0.05, 0.1) is 17.4 Å². The van der Waals surface area contributed by atoms with Crippen molar-refractivity contribution in [1.82, 2.24) is 9.62 Å². The first kappa shape index (κ1) is 20.4. The lowest BCUT2D eigenvalue weighted by molar-refractivity contribution is -0.147. The molecule has 2 rings (SSSR count). The van der Waals surface area contributed by atoms with Gasteiger partial charge in [0.1, 0.15) is 6.04 Å². The predicted molar refractivity (Wildman–Crippen MR) is 96.9 cm³/mol. The largest absolute Gasteiger partial charge is 0.464 e. The van der Waals surface area contributed by atoms with Gasteiger partial charge in [0.2, 0.25) is 15.9 Å². The molecular formula is C18H26N2O5S. The van der Waals surface area contributed by atoms with E-state index in [1.54, 1.807) is 38.1 Å². The highest BCUT2D eigenvalue weighted by Crippen LogP contribution is 2.24. The van der Waals surface area contributed by atoms with Gasteiger partial charge in [-0.25, -0.2) is 13.2 Å². The molecule has 1 aliphatic heterocycles. The van der Waals surface area contributed by atoms with Crippen LogP contribution in [0.5, 0.6) is 0 Å². The second kappa shape index (κ2) is 8.64. The Balaban J connectivity index is 2.05. The smallest absolute Gasteiger partial charge is 0.328 e. The Kier molecular flexibility index (Phi) is 6.77. The second-order valence-corrected chi connectivity index (χ2v) is 8.44. The molecule has 0 aliphatic carbocycles. The fourth-order valence-electron chi connectivity index (χ4n) is 2.89. The number of carbonyl (C=O) groups excluding carboxylic acids is 2. The number of hydrogen-bond donors (Lipinski definition) is 1. The molecular weight excluding hydrogens is 356 g/mol. The van der Waals surface area contributed by atoms with Crippen molar-refractivity contribution in [3.05, 3.63) is 29.8 Å². The third-order valence-corrected chi connectivity index (χ3v) is 6.29. The summed E-state index contributed by atoms with van der Waals surface area (Å²) in [6.07, 6.45) is 1.18. The number of sulfonamides is 1. The van der Waals surface area contributed by atoms with Crippen LogP contribution in [-0.4, -0.2) is 50.3 Å². The predicted octanol–water partition coefficient (Wildman–Crippen LogP) is 1.46. The molecule has 1 heterocycles. The Morgan fingerprint density at radius 1 is 1.31 bits per heavy atom. The molecule has 1 fully saturated rings. The lowest BCUT2D eigenvalue weighted by Gasteiger charge is -2.31. The summed E-state index contributed by atoms with van der Waals surface area (Å²) in [7, 11) is -3.64. The highest BCUT2D eigenvalue weighted by Gasteiger charge is 2.34. The molecule has 1 saturated heterocycles. The summed E-state index contributed by atoms with van der Waals surface area (Å²) >= 11 is 0. The molecule has 1 aromatic rings. The van der Waals surface area contributed by atoms with Crippen LogP contribution in [0.1, 0.15) is 32.3 Å². The van der Waals surface area contributed by atoms with Crippen LogP contribution >= 0.6 is 0 Å². The van der Waals surface area contributed by atoms with Crippen molar-refractivity contribution in [2.24, 2.45) is 5.92 Å². The first-order chi connectivity index (χ1) is 12.3. The van der Waals surface area contributed by atoms with E-state index < -0.39 is 28.0 Å². The molecule has 8 heteroatoms. The molecule has 2 atom stereocenters. The summed E-state index contributed by atoms with van der Waals surface area (Å²) < 4.78 is 31.8. The number of hydrogen-bond acceptors (Lipinski definition) is 5. The number of amides is 1. The topological polar surface area (TPSA) is 92.8 Å². The second-order valence-electron chi connectivity index (χ2n) is 6.50. The van der Waals surface area contributed by atoms with Crippen LogP contribution in [0.3, 0.4) is 0 Å². The SMILES string of the molecule is CCOC(=O)C(C)NC(=O)C1CCCN(S(=O)(=O)c2ccc(C)cc2)C1. The zero-order valence-electron chi connectivity index (χ0n) is 15.4. The van der Waals surface area contributed by atoms with Gasteiger partial charge in [0.25, 0.3) is 0 Å². The normalized spacial score (nSPS) is 19.6. The summed E-state index contributed by atoms with van der Waals surface area (Å²) in [5.74, 6) is -1.31. The number of piperidine rings is 1. The monoisotopic (exact) mass is 382 g/mol. The van der Waals surface area contributed by atoms with Gasteiger partial charge in [-0.2, -0.15) is 4.31 Å². The molecule has 7 nitrogen and oxygen atoms in total. The number of carbonyl (C=O) groups is 2. The Morgan fingerprint density at radius 3 is 2.58 bits per heavy atom. The first-order valence-electron chi connectivity index (χ1n) is 8.79. The summed E-state index contributed by atoms with van der Waals surface area (Å²) in [4.78, 5) is 24.3. The maximum Gasteiger partial charge on any atom is 0.328 e. The van der Waals surface area contributed by atoms with E-state index in [-0.39, 0.29) is 24.0 Å². The standard InChI is InChI=1S/C18H26N2O5S/c1-4-25-18(22)14(3)19-17(21)15-6-5-11-20(12-15)26(23,24)16-9-7-13(2)8-10-16/h7-10,14-15H,4-6,11-12H2,1-3H3,(H,19,21). The molecule has 0 radical (unpaired) electrons. The Morgan fingerprint density at radius 2 is 1.96 bits per heavy atom. The average molecular weight is 382 g/mol. The molecule has 0 bridgehead atoms. The van der Waals surface area contributed by atoms with E-state index in [0.717, 1.165) is 5.56 Å². The lowest BCUT2D eigenvalue weighted by Crippen LogP contribution is -2.48. The molecule has 26 heavy (non-hydrogen) atoms. The fourth-order valence-corrected chi connectivity index (χ4v) is 4.42. The van der Waals surface area contributed by atoms with Crippen molar-refractivity contribution in [2.75, 3.05) is 19.7 Å². The van der Waals surface area contributed by atoms with E-state index in [1.807, 2.05) is 6.92 Å².